The van der Waals surface area contributed by atoms with Gasteiger partial charge in [0.2, 0.25) is 0 Å². The van der Waals surface area contributed by atoms with Crippen LogP contribution in [-0.4, -0.2) is 0 Å². The van der Waals surface area contributed by atoms with Crippen LogP contribution >= 0.6 is 0 Å². The lowest BCUT2D eigenvalue weighted by Gasteiger charge is -2.14. The van der Waals surface area contributed by atoms with Crippen LogP contribution in [0.4, 0.5) is 0 Å². The molecular weight excluding hydrogens is 336 g/mol. The van der Waals surface area contributed by atoms with Gasteiger partial charge in [0, 0.05) is 0 Å². The van der Waals surface area contributed by atoms with Gasteiger partial charge < -0.3 is 0 Å². The molecule has 3 rings (SSSR count). The summed E-state index contributed by atoms with van der Waals surface area (Å²) >= 11 is 0. The van der Waals surface area contributed by atoms with Crippen molar-refractivity contribution in [3.05, 3.63) is 107 Å². The largest absolute Gasteiger partial charge is 0.0622 e. The number of allylic oxidation sites excluding steroid dienone is 4. The first-order valence-electron chi connectivity index (χ1n) is 10.3. The highest BCUT2D eigenvalue weighted by molar-refractivity contribution is 5.92. The molecule has 0 amide bonds. The lowest BCUT2D eigenvalue weighted by Crippen LogP contribution is -1.91. The molecule has 0 nitrogen and oxygen atoms in total. The molecule has 0 N–H and O–H groups in total. The fraction of sp³-hybridized carbons (Fsp3) is 0.214. The molecule has 0 aliphatic rings. The second-order valence-corrected chi connectivity index (χ2v) is 7.22. The Bertz CT molecular complexity index is 873. The van der Waals surface area contributed by atoms with Gasteiger partial charge in [-0.15, -0.1) is 0 Å². The van der Waals surface area contributed by atoms with E-state index >= 15 is 0 Å². The zero-order valence-electron chi connectivity index (χ0n) is 17.5. The first kappa shape index (κ1) is 19.9. The van der Waals surface area contributed by atoms with Crippen molar-refractivity contribution in [1.29, 1.82) is 0 Å². The van der Waals surface area contributed by atoms with Gasteiger partial charge in [-0.1, -0.05) is 98.8 Å². The standard InChI is InChI=1S/C28H30/c1-5-27(25-13-9-7-10-14-25)21(3)23-17-19-24(20-18-23)22(4)28(6-2)26-15-11-8-12-16-26/h7-20H,5-6H2,1-4H3. The highest BCUT2D eigenvalue weighted by atomic mass is 14.1. The summed E-state index contributed by atoms with van der Waals surface area (Å²) in [4.78, 5) is 0. The summed E-state index contributed by atoms with van der Waals surface area (Å²) in [5.41, 5.74) is 10.8. The van der Waals surface area contributed by atoms with Crippen molar-refractivity contribution in [3.63, 3.8) is 0 Å². The van der Waals surface area contributed by atoms with E-state index in [2.05, 4.69) is 113 Å². The van der Waals surface area contributed by atoms with Crippen LogP contribution in [-0.2, 0) is 0 Å². The molecule has 0 aliphatic heterocycles. The second kappa shape index (κ2) is 9.37. The van der Waals surface area contributed by atoms with E-state index in [9.17, 15) is 0 Å². The lowest BCUT2D eigenvalue weighted by atomic mass is 9.91. The zero-order chi connectivity index (χ0) is 19.9. The maximum Gasteiger partial charge on any atom is -0.0222 e. The smallest absolute Gasteiger partial charge is 0.0222 e. The molecule has 0 radical (unpaired) electrons. The highest BCUT2D eigenvalue weighted by Crippen LogP contribution is 2.32. The summed E-state index contributed by atoms with van der Waals surface area (Å²) in [7, 11) is 0. The fourth-order valence-corrected chi connectivity index (χ4v) is 3.97. The van der Waals surface area contributed by atoms with Crippen LogP contribution in [0.2, 0.25) is 0 Å². The summed E-state index contributed by atoms with van der Waals surface area (Å²) < 4.78 is 0. The molecular formula is C28H30. The average Bonchev–Trinajstić information content (AvgIpc) is 2.76. The summed E-state index contributed by atoms with van der Waals surface area (Å²) in [6.07, 6.45) is 2.06. The fourth-order valence-electron chi connectivity index (χ4n) is 3.97. The van der Waals surface area contributed by atoms with Crippen LogP contribution in [0, 0.1) is 0 Å². The van der Waals surface area contributed by atoms with Gasteiger partial charge in [0.15, 0.2) is 0 Å². The number of benzene rings is 3. The minimum atomic E-state index is 1.03. The number of rotatable bonds is 6. The molecule has 0 saturated carbocycles. The van der Waals surface area contributed by atoms with Gasteiger partial charge in [0.25, 0.3) is 0 Å². The molecule has 0 heterocycles. The minimum Gasteiger partial charge on any atom is -0.0622 e. The minimum absolute atomic E-state index is 1.03. The Hall–Kier alpha value is -2.86. The third-order valence-electron chi connectivity index (χ3n) is 5.61. The SMILES string of the molecule is CCC(=C(C)c1ccc(C(C)=C(CC)c2ccccc2)cc1)c1ccccc1. The van der Waals surface area contributed by atoms with Crippen molar-refractivity contribution < 1.29 is 0 Å². The summed E-state index contributed by atoms with van der Waals surface area (Å²) in [5, 5.41) is 0. The molecule has 28 heavy (non-hydrogen) atoms. The van der Waals surface area contributed by atoms with Gasteiger partial charge in [0.05, 0.1) is 0 Å². The monoisotopic (exact) mass is 366 g/mol. The molecule has 0 saturated heterocycles. The van der Waals surface area contributed by atoms with Gasteiger partial charge in [-0.05, 0) is 71.2 Å². The molecule has 3 aromatic carbocycles. The van der Waals surface area contributed by atoms with Crippen LogP contribution < -0.4 is 0 Å². The number of hydrogen-bond acceptors (Lipinski definition) is 0. The molecule has 142 valence electrons. The Morgan fingerprint density at radius 3 is 1.07 bits per heavy atom. The molecule has 0 atom stereocenters. The van der Waals surface area contributed by atoms with E-state index < -0.39 is 0 Å². The Morgan fingerprint density at radius 1 is 0.464 bits per heavy atom. The van der Waals surface area contributed by atoms with Crippen LogP contribution in [0.1, 0.15) is 62.8 Å². The normalized spacial score (nSPS) is 13.0. The first-order chi connectivity index (χ1) is 13.7. The summed E-state index contributed by atoms with van der Waals surface area (Å²) in [6, 6.07) is 30.5. The van der Waals surface area contributed by atoms with Gasteiger partial charge >= 0.3 is 0 Å². The van der Waals surface area contributed by atoms with Crippen LogP contribution in [0.5, 0.6) is 0 Å². The predicted molar refractivity (Wildman–Crippen MR) is 125 cm³/mol. The van der Waals surface area contributed by atoms with E-state index in [4.69, 9.17) is 0 Å². The predicted octanol–water partition coefficient (Wildman–Crippen LogP) is 8.37. The third kappa shape index (κ3) is 4.34. The van der Waals surface area contributed by atoms with Gasteiger partial charge in [-0.2, -0.15) is 0 Å². The maximum absolute atomic E-state index is 2.27. The Balaban J connectivity index is 1.97. The average molecular weight is 367 g/mol. The lowest BCUT2D eigenvalue weighted by molar-refractivity contribution is 1.23. The summed E-state index contributed by atoms with van der Waals surface area (Å²) in [5.74, 6) is 0. The van der Waals surface area contributed by atoms with Gasteiger partial charge in [-0.25, -0.2) is 0 Å². The van der Waals surface area contributed by atoms with Crippen molar-refractivity contribution in [2.24, 2.45) is 0 Å². The Labute approximate surface area is 170 Å². The van der Waals surface area contributed by atoms with E-state index in [1.165, 1.54) is 44.5 Å². The van der Waals surface area contributed by atoms with Crippen LogP contribution in [0.3, 0.4) is 0 Å². The molecule has 0 aromatic heterocycles. The second-order valence-electron chi connectivity index (χ2n) is 7.22. The van der Waals surface area contributed by atoms with E-state index in [1.54, 1.807) is 0 Å². The van der Waals surface area contributed by atoms with Crippen LogP contribution in [0.15, 0.2) is 84.9 Å². The molecule has 0 heteroatoms. The quantitative estimate of drug-likeness (QED) is 0.384. The third-order valence-corrected chi connectivity index (χ3v) is 5.61. The topological polar surface area (TPSA) is 0 Å². The molecule has 3 aromatic rings. The molecule has 0 aliphatic carbocycles. The van der Waals surface area contributed by atoms with Crippen molar-refractivity contribution in [2.45, 2.75) is 40.5 Å². The Morgan fingerprint density at radius 2 is 0.786 bits per heavy atom. The van der Waals surface area contributed by atoms with E-state index in [1.807, 2.05) is 0 Å². The molecule has 0 fully saturated rings. The maximum atomic E-state index is 2.27. The van der Waals surface area contributed by atoms with E-state index in [-0.39, 0.29) is 0 Å². The van der Waals surface area contributed by atoms with E-state index in [0.717, 1.165) is 12.8 Å². The summed E-state index contributed by atoms with van der Waals surface area (Å²) in [6.45, 7) is 8.96. The zero-order valence-corrected chi connectivity index (χ0v) is 17.5. The van der Waals surface area contributed by atoms with Crippen LogP contribution in [0.25, 0.3) is 22.3 Å². The molecule has 0 spiro atoms. The van der Waals surface area contributed by atoms with Gasteiger partial charge in [-0.3, -0.25) is 0 Å². The van der Waals surface area contributed by atoms with Crippen molar-refractivity contribution in [1.82, 2.24) is 0 Å². The Kier molecular flexibility index (Phi) is 6.66. The van der Waals surface area contributed by atoms with Gasteiger partial charge in [0.1, 0.15) is 0 Å². The first-order valence-corrected chi connectivity index (χ1v) is 10.3. The molecule has 0 unspecified atom stereocenters. The number of hydrogen-bond donors (Lipinski definition) is 0. The molecule has 0 bridgehead atoms. The highest BCUT2D eigenvalue weighted by Gasteiger charge is 2.09. The van der Waals surface area contributed by atoms with Crippen molar-refractivity contribution in [3.8, 4) is 0 Å². The van der Waals surface area contributed by atoms with E-state index in [0.29, 0.717) is 0 Å². The van der Waals surface area contributed by atoms with Crippen molar-refractivity contribution >= 4 is 22.3 Å². The van der Waals surface area contributed by atoms with Crippen molar-refractivity contribution in [2.75, 3.05) is 0 Å².